The van der Waals surface area contributed by atoms with Crippen LogP contribution in [0.3, 0.4) is 0 Å². The smallest absolute Gasteiger partial charge is 0.300 e. The van der Waals surface area contributed by atoms with Gasteiger partial charge in [0.25, 0.3) is 5.92 Å². The van der Waals surface area contributed by atoms with E-state index in [0.717, 1.165) is 19.9 Å². The number of nitrogens with two attached hydrogens (primary N) is 1. The number of hydrogen-bond acceptors (Lipinski definition) is 7. The first-order chi connectivity index (χ1) is 17.6. The first-order valence-electron chi connectivity index (χ1n) is 12.0. The molecule has 3 aromatic rings. The highest BCUT2D eigenvalue weighted by molar-refractivity contribution is 6.32. The molecule has 4 rings (SSSR count). The van der Waals surface area contributed by atoms with Crippen molar-refractivity contribution in [2.24, 2.45) is 0 Å². The quantitative estimate of drug-likeness (QED) is 0.160. The van der Waals surface area contributed by atoms with Gasteiger partial charge in [0.2, 0.25) is 0 Å². The van der Waals surface area contributed by atoms with Crippen molar-refractivity contribution in [2.45, 2.75) is 63.7 Å². The second kappa shape index (κ2) is 10.0. The molecule has 1 fully saturated rings. The summed E-state index contributed by atoms with van der Waals surface area (Å²) in [7, 11) is 0. The van der Waals surface area contributed by atoms with Gasteiger partial charge in [0.15, 0.2) is 0 Å². The molecule has 1 unspecified atom stereocenters. The molecule has 206 valence electrons. The van der Waals surface area contributed by atoms with Crippen LogP contribution in [0.15, 0.2) is 30.3 Å². The van der Waals surface area contributed by atoms with Crippen LogP contribution < -0.4 is 15.8 Å². The number of halogens is 5. The van der Waals surface area contributed by atoms with Crippen LogP contribution >= 0.6 is 11.6 Å². The van der Waals surface area contributed by atoms with Gasteiger partial charge in [-0.3, -0.25) is 0 Å². The van der Waals surface area contributed by atoms with Crippen molar-refractivity contribution < 1.29 is 32.1 Å². The molecular weight excluding hydrogens is 528 g/mol. The number of alkyl halides is 4. The SMILES string of the molecule is Cc1nc(N[C@H](C)c2cc(N)cc(C(F)(F)C(C)(C)O)c2)c2cc(OCCOC3CC3(F)F)c(Cl)cc2n1. The zero-order valence-electron chi connectivity index (χ0n) is 21.3. The van der Waals surface area contributed by atoms with Crippen molar-refractivity contribution in [2.75, 3.05) is 24.3 Å². The van der Waals surface area contributed by atoms with Crippen molar-refractivity contribution in [3.05, 3.63) is 52.3 Å². The lowest BCUT2D eigenvalue weighted by Gasteiger charge is -2.30. The molecule has 12 heteroatoms. The number of nitrogen functional groups attached to an aromatic ring is 1. The van der Waals surface area contributed by atoms with Crippen LogP contribution in [0.5, 0.6) is 5.75 Å². The molecular formula is C26H29ClF4N4O3. The zero-order valence-corrected chi connectivity index (χ0v) is 22.0. The minimum Gasteiger partial charge on any atom is -0.490 e. The Bertz CT molecular complexity index is 1350. The van der Waals surface area contributed by atoms with Gasteiger partial charge in [-0.25, -0.2) is 18.7 Å². The van der Waals surface area contributed by atoms with E-state index in [9.17, 15) is 22.7 Å². The van der Waals surface area contributed by atoms with Crippen LogP contribution in [0.1, 0.15) is 50.2 Å². The molecule has 38 heavy (non-hydrogen) atoms. The van der Waals surface area contributed by atoms with Crippen molar-refractivity contribution in [1.29, 1.82) is 0 Å². The molecule has 0 bridgehead atoms. The number of nitrogens with zero attached hydrogens (tertiary/aromatic N) is 2. The summed E-state index contributed by atoms with van der Waals surface area (Å²) in [6, 6.07) is 6.67. The lowest BCUT2D eigenvalue weighted by molar-refractivity contribution is -0.168. The molecule has 0 spiro atoms. The van der Waals surface area contributed by atoms with Gasteiger partial charge in [-0.15, -0.1) is 0 Å². The van der Waals surface area contributed by atoms with Crippen LogP contribution in [0.25, 0.3) is 10.9 Å². The highest BCUT2D eigenvalue weighted by Gasteiger charge is 2.58. The zero-order chi connectivity index (χ0) is 28.0. The molecule has 1 aliphatic rings. The number of hydrogen-bond donors (Lipinski definition) is 3. The maximum absolute atomic E-state index is 14.9. The van der Waals surface area contributed by atoms with E-state index in [1.54, 1.807) is 32.0 Å². The number of nitrogens with one attached hydrogen (secondary N) is 1. The molecule has 1 aromatic heterocycles. The summed E-state index contributed by atoms with van der Waals surface area (Å²) in [5, 5.41) is 14.0. The third kappa shape index (κ3) is 5.89. The Kier molecular flexibility index (Phi) is 7.41. The largest absolute Gasteiger partial charge is 0.490 e. The first kappa shape index (κ1) is 28.1. The van der Waals surface area contributed by atoms with Gasteiger partial charge < -0.3 is 25.6 Å². The van der Waals surface area contributed by atoms with Crippen LogP contribution in [0.2, 0.25) is 5.02 Å². The predicted octanol–water partition coefficient (Wildman–Crippen LogP) is 6.01. The predicted molar refractivity (Wildman–Crippen MR) is 137 cm³/mol. The van der Waals surface area contributed by atoms with Gasteiger partial charge in [0.05, 0.1) is 23.2 Å². The molecule has 4 N–H and O–H groups in total. The van der Waals surface area contributed by atoms with Gasteiger partial charge in [-0.05, 0) is 63.6 Å². The molecule has 7 nitrogen and oxygen atoms in total. The third-order valence-electron chi connectivity index (χ3n) is 6.25. The standard InChI is InChI=1S/C26H29ClF4N4O3/c1-13(15-7-16(9-17(32)8-15)26(30,31)24(3,4)36)33-23-18-10-21(19(27)11-20(18)34-14(2)35-23)37-5-6-38-22-12-25(22,28)29/h7-11,13,22,36H,5-6,12,32H2,1-4H3,(H,33,34,35)/t13-,22?/m1/s1. The van der Waals surface area contributed by atoms with Crippen LogP contribution in [-0.2, 0) is 10.7 Å². The number of aryl methyl sites for hydroxylation is 1. The summed E-state index contributed by atoms with van der Waals surface area (Å²) >= 11 is 6.35. The monoisotopic (exact) mass is 556 g/mol. The van der Waals surface area contributed by atoms with E-state index in [-0.39, 0.29) is 36.1 Å². The average Bonchev–Trinajstić information content (AvgIpc) is 3.41. The number of benzene rings is 2. The second-order valence-electron chi connectivity index (χ2n) is 9.98. The Morgan fingerprint density at radius 3 is 2.50 bits per heavy atom. The summed E-state index contributed by atoms with van der Waals surface area (Å²) < 4.78 is 66.4. The average molecular weight is 557 g/mol. The minimum atomic E-state index is -3.54. The molecule has 1 saturated carbocycles. The van der Waals surface area contributed by atoms with Crippen LogP contribution in [0.4, 0.5) is 29.1 Å². The fourth-order valence-corrected chi connectivity index (χ4v) is 4.14. The summed E-state index contributed by atoms with van der Waals surface area (Å²) in [5.41, 5.74) is 4.30. The lowest BCUT2D eigenvalue weighted by Crippen LogP contribution is -2.40. The Hall–Kier alpha value is -2.89. The summed E-state index contributed by atoms with van der Waals surface area (Å²) in [6.07, 6.45) is -1.37. The number of fused-ring (bicyclic) bond motifs is 1. The Balaban J connectivity index is 1.58. The maximum atomic E-state index is 14.9. The number of aromatic nitrogens is 2. The van der Waals surface area contributed by atoms with Crippen LogP contribution in [0, 0.1) is 6.92 Å². The molecule has 0 aliphatic heterocycles. The van der Waals surface area contributed by atoms with Gasteiger partial charge in [0, 0.05) is 23.1 Å². The normalized spacial score (nSPS) is 17.9. The molecule has 0 saturated heterocycles. The van der Waals surface area contributed by atoms with Gasteiger partial charge in [-0.1, -0.05) is 11.6 Å². The molecule has 1 aliphatic carbocycles. The second-order valence-corrected chi connectivity index (χ2v) is 10.4. The fraction of sp³-hybridized carbons (Fsp3) is 0.462. The third-order valence-corrected chi connectivity index (χ3v) is 6.55. The maximum Gasteiger partial charge on any atom is 0.300 e. The van der Waals surface area contributed by atoms with E-state index in [0.29, 0.717) is 28.1 Å². The summed E-state index contributed by atoms with van der Waals surface area (Å²) in [5.74, 6) is -5.20. The van der Waals surface area contributed by atoms with Crippen molar-refractivity contribution in [3.8, 4) is 5.75 Å². The number of aliphatic hydroxyl groups is 1. The summed E-state index contributed by atoms with van der Waals surface area (Å²) in [6.45, 7) is 5.49. The highest BCUT2D eigenvalue weighted by Crippen LogP contribution is 2.44. The van der Waals surface area contributed by atoms with Crippen molar-refractivity contribution >= 4 is 34.0 Å². The topological polar surface area (TPSA) is 103 Å². The molecule has 0 radical (unpaired) electrons. The van der Waals surface area contributed by atoms with Crippen molar-refractivity contribution in [3.63, 3.8) is 0 Å². The van der Waals surface area contributed by atoms with Gasteiger partial charge in [-0.2, -0.15) is 8.78 Å². The molecule has 1 heterocycles. The summed E-state index contributed by atoms with van der Waals surface area (Å²) in [4.78, 5) is 8.87. The molecule has 2 aromatic carbocycles. The van der Waals surface area contributed by atoms with E-state index in [1.807, 2.05) is 0 Å². The fourth-order valence-electron chi connectivity index (χ4n) is 3.93. The number of anilines is 2. The molecule has 2 atom stereocenters. The van der Waals surface area contributed by atoms with E-state index >= 15 is 0 Å². The van der Waals surface area contributed by atoms with Gasteiger partial charge >= 0.3 is 5.92 Å². The Labute approximate surface area is 222 Å². The highest BCUT2D eigenvalue weighted by atomic mass is 35.5. The van der Waals surface area contributed by atoms with Crippen LogP contribution in [-0.4, -0.2) is 45.9 Å². The minimum absolute atomic E-state index is 0.00513. The number of rotatable bonds is 10. The van der Waals surface area contributed by atoms with Crippen molar-refractivity contribution in [1.82, 2.24) is 9.97 Å². The number of ether oxygens (including phenoxy) is 2. The molecule has 0 amide bonds. The van der Waals surface area contributed by atoms with E-state index in [2.05, 4.69) is 15.3 Å². The first-order valence-corrected chi connectivity index (χ1v) is 12.3. The Morgan fingerprint density at radius 1 is 1.18 bits per heavy atom. The van der Waals surface area contributed by atoms with E-state index in [1.165, 1.54) is 6.07 Å². The Morgan fingerprint density at radius 2 is 1.87 bits per heavy atom. The lowest BCUT2D eigenvalue weighted by atomic mass is 9.91. The van der Waals surface area contributed by atoms with E-state index in [4.69, 9.17) is 26.8 Å². The van der Waals surface area contributed by atoms with Gasteiger partial charge in [0.1, 0.15) is 35.7 Å². The van der Waals surface area contributed by atoms with E-state index < -0.39 is 35.2 Å².